The first-order valence-corrected chi connectivity index (χ1v) is 20.2. The molecule has 44 heavy (non-hydrogen) atoms. The van der Waals surface area contributed by atoms with Crippen LogP contribution in [0.2, 0.25) is 25.7 Å². The van der Waals surface area contributed by atoms with Gasteiger partial charge in [-0.3, -0.25) is 0 Å². The molecule has 0 saturated heterocycles. The minimum absolute atomic E-state index is 0.156. The topological polar surface area (TPSA) is 110 Å². The maximum Gasteiger partial charge on any atom is 0.248 e. The molecule has 2 unspecified atom stereocenters. The van der Waals surface area contributed by atoms with E-state index in [-0.39, 0.29) is 6.73 Å². The molecule has 10 heteroatoms. The van der Waals surface area contributed by atoms with Crippen molar-refractivity contribution in [3.05, 3.63) is 88.9 Å². The van der Waals surface area contributed by atoms with Gasteiger partial charge in [0, 0.05) is 31.8 Å². The Balaban J connectivity index is 1.64. The lowest BCUT2D eigenvalue weighted by molar-refractivity contribution is 0.0571. The first-order chi connectivity index (χ1) is 20.6. The third-order valence-corrected chi connectivity index (χ3v) is 12.7. The summed E-state index contributed by atoms with van der Waals surface area (Å²) >= 11 is 0. The number of hydrogen-bond donors (Lipinski definition) is 1. The molecule has 1 aliphatic rings. The second-order valence-electron chi connectivity index (χ2n) is 13.4. The molecule has 4 aromatic rings. The average Bonchev–Trinajstić information content (AvgIpc) is 3.58. The third-order valence-electron chi connectivity index (χ3n) is 8.67. The fraction of sp³-hybridized carbons (Fsp3) is 0.412. The molecule has 2 heterocycles. The second kappa shape index (κ2) is 11.5. The number of aryl methyl sites for hydroxylation is 1. The molecule has 5 rings (SSSR count). The number of allylic oxidation sites excluding steroid dienone is 3. The summed E-state index contributed by atoms with van der Waals surface area (Å²) in [5, 5.41) is 22.5. The summed E-state index contributed by atoms with van der Waals surface area (Å²) in [6.45, 7) is 14.9. The summed E-state index contributed by atoms with van der Waals surface area (Å²) in [4.78, 5) is 4.84. The molecule has 2 atom stereocenters. The van der Waals surface area contributed by atoms with E-state index in [1.165, 1.54) is 3.97 Å². The van der Waals surface area contributed by atoms with E-state index >= 15 is 0 Å². The van der Waals surface area contributed by atoms with Crippen LogP contribution in [0.25, 0.3) is 21.9 Å². The standard InChI is InChI=1S/C34H42N4O4SSi/c1-8-25-10-9-16-33(3,21-25)43(40,41)38-17-15-27-28(13-11-24(2)31(27)38)34(4,39)32-36-29-14-12-26(22-35)20-30(29)37(32)23-42-18-19-44(5,6)7/h9-15,17,20-21,39H,8,16,18-19,23H2,1-7H3. The number of rotatable bonds is 10. The quantitative estimate of drug-likeness (QED) is 0.150. The van der Waals surface area contributed by atoms with Gasteiger partial charge >= 0.3 is 0 Å². The molecule has 1 aliphatic carbocycles. The summed E-state index contributed by atoms with van der Waals surface area (Å²) < 4.78 is 36.7. The molecule has 0 saturated carbocycles. The van der Waals surface area contributed by atoms with Crippen LogP contribution in [0.15, 0.2) is 66.4 Å². The van der Waals surface area contributed by atoms with E-state index in [0.29, 0.717) is 51.9 Å². The van der Waals surface area contributed by atoms with Crippen molar-refractivity contribution in [3.8, 4) is 6.07 Å². The van der Waals surface area contributed by atoms with Crippen LogP contribution in [0.5, 0.6) is 0 Å². The van der Waals surface area contributed by atoms with Crippen molar-refractivity contribution < 1.29 is 18.3 Å². The molecule has 8 nitrogen and oxygen atoms in total. The van der Waals surface area contributed by atoms with Crippen molar-refractivity contribution in [3.63, 3.8) is 0 Å². The van der Waals surface area contributed by atoms with Crippen LogP contribution in [0.3, 0.4) is 0 Å². The molecule has 0 bridgehead atoms. The number of benzene rings is 2. The highest BCUT2D eigenvalue weighted by Crippen LogP contribution is 2.40. The van der Waals surface area contributed by atoms with E-state index < -0.39 is 28.4 Å². The maximum absolute atomic E-state index is 14.2. The zero-order valence-corrected chi connectivity index (χ0v) is 28.5. The molecule has 0 radical (unpaired) electrons. The van der Waals surface area contributed by atoms with Crippen molar-refractivity contribution in [2.75, 3.05) is 6.61 Å². The van der Waals surface area contributed by atoms with Crippen molar-refractivity contribution in [2.45, 2.75) is 83.3 Å². The predicted octanol–water partition coefficient (Wildman–Crippen LogP) is 6.97. The van der Waals surface area contributed by atoms with Crippen LogP contribution < -0.4 is 0 Å². The number of nitrogens with zero attached hydrogens (tertiary/aromatic N) is 4. The zero-order valence-electron chi connectivity index (χ0n) is 26.7. The lowest BCUT2D eigenvalue weighted by Crippen LogP contribution is -2.38. The lowest BCUT2D eigenvalue weighted by Gasteiger charge is -2.30. The Morgan fingerprint density at radius 1 is 1.20 bits per heavy atom. The highest BCUT2D eigenvalue weighted by atomic mass is 32.2. The Morgan fingerprint density at radius 3 is 2.64 bits per heavy atom. The Labute approximate surface area is 261 Å². The summed E-state index contributed by atoms with van der Waals surface area (Å²) in [5.74, 6) is 0.358. The van der Waals surface area contributed by atoms with Crippen LogP contribution in [-0.4, -0.2) is 46.5 Å². The highest BCUT2D eigenvalue weighted by Gasteiger charge is 2.41. The van der Waals surface area contributed by atoms with Crippen LogP contribution in [0.4, 0.5) is 0 Å². The van der Waals surface area contributed by atoms with E-state index in [4.69, 9.17) is 9.72 Å². The van der Waals surface area contributed by atoms with E-state index in [0.717, 1.165) is 23.6 Å². The Hall–Kier alpha value is -3.49. The molecule has 232 valence electrons. The number of aromatic nitrogens is 3. The third kappa shape index (κ3) is 5.58. The van der Waals surface area contributed by atoms with Gasteiger partial charge in [-0.25, -0.2) is 17.4 Å². The molecule has 1 N–H and O–H groups in total. The van der Waals surface area contributed by atoms with Gasteiger partial charge in [-0.05, 0) is 69.5 Å². The van der Waals surface area contributed by atoms with Gasteiger partial charge in [-0.2, -0.15) is 5.26 Å². The van der Waals surface area contributed by atoms with E-state index in [1.807, 2.05) is 48.8 Å². The van der Waals surface area contributed by atoms with Crippen molar-refractivity contribution in [1.29, 1.82) is 5.26 Å². The zero-order chi connectivity index (χ0) is 32.1. The molecular formula is C34H42N4O4SSi. The van der Waals surface area contributed by atoms with Gasteiger partial charge in [0.15, 0.2) is 0 Å². The van der Waals surface area contributed by atoms with Gasteiger partial charge in [0.05, 0.1) is 28.2 Å². The van der Waals surface area contributed by atoms with Crippen LogP contribution >= 0.6 is 0 Å². The predicted molar refractivity (Wildman–Crippen MR) is 179 cm³/mol. The summed E-state index contributed by atoms with van der Waals surface area (Å²) in [7, 11) is -5.19. The average molecular weight is 631 g/mol. The minimum Gasteiger partial charge on any atom is -0.377 e. The van der Waals surface area contributed by atoms with Gasteiger partial charge in [0.1, 0.15) is 22.9 Å². The number of ether oxygens (including phenoxy) is 1. The number of hydrogen-bond acceptors (Lipinski definition) is 6. The molecule has 2 aromatic carbocycles. The number of imidazole rings is 1. The first kappa shape index (κ1) is 31.9. The number of aliphatic hydroxyl groups is 1. The van der Waals surface area contributed by atoms with Crippen molar-refractivity contribution in [1.82, 2.24) is 13.5 Å². The molecule has 0 fully saturated rings. The Kier molecular flexibility index (Phi) is 8.31. The summed E-state index contributed by atoms with van der Waals surface area (Å²) in [6.07, 6.45) is 8.51. The SMILES string of the molecule is CCC1=CC(C)(S(=O)(=O)n2ccc3c(C(C)(O)c4nc5ccc(C#N)cc5n4COCC[Si](C)(C)C)ccc(C)c32)CC=C1. The number of nitriles is 1. The van der Waals surface area contributed by atoms with E-state index in [2.05, 4.69) is 25.7 Å². The molecule has 2 aromatic heterocycles. The van der Waals surface area contributed by atoms with E-state index in [1.54, 1.807) is 44.3 Å². The Bertz CT molecular complexity index is 1950. The van der Waals surface area contributed by atoms with Crippen molar-refractivity contribution >= 4 is 40.0 Å². The molecular weight excluding hydrogens is 589 g/mol. The lowest BCUT2D eigenvalue weighted by atomic mass is 9.91. The molecule has 0 spiro atoms. The largest absolute Gasteiger partial charge is 0.377 e. The summed E-state index contributed by atoms with van der Waals surface area (Å²) in [5.41, 5.74) is 3.02. The minimum atomic E-state index is -3.86. The van der Waals surface area contributed by atoms with Crippen LogP contribution in [0.1, 0.15) is 56.1 Å². The van der Waals surface area contributed by atoms with E-state index in [9.17, 15) is 18.8 Å². The van der Waals surface area contributed by atoms with Gasteiger partial charge < -0.3 is 14.4 Å². The monoisotopic (exact) mass is 630 g/mol. The van der Waals surface area contributed by atoms with Crippen molar-refractivity contribution in [2.24, 2.45) is 0 Å². The van der Waals surface area contributed by atoms with Gasteiger partial charge in [0.25, 0.3) is 0 Å². The van der Waals surface area contributed by atoms with Crippen LogP contribution in [-0.2, 0) is 27.1 Å². The Morgan fingerprint density at radius 2 is 1.95 bits per heavy atom. The van der Waals surface area contributed by atoms with Gasteiger partial charge in [-0.1, -0.05) is 62.5 Å². The molecule has 0 aliphatic heterocycles. The maximum atomic E-state index is 14.2. The normalized spacial score (nSPS) is 18.8. The second-order valence-corrected chi connectivity index (χ2v) is 21.3. The number of fused-ring (bicyclic) bond motifs is 2. The fourth-order valence-electron chi connectivity index (χ4n) is 5.94. The highest BCUT2D eigenvalue weighted by molar-refractivity contribution is 7.91. The van der Waals surface area contributed by atoms with Gasteiger partial charge in [-0.15, -0.1) is 0 Å². The fourth-order valence-corrected chi connectivity index (χ4v) is 8.45. The summed E-state index contributed by atoms with van der Waals surface area (Å²) in [6, 6.07) is 13.9. The molecule has 0 amide bonds. The first-order valence-electron chi connectivity index (χ1n) is 15.1. The smallest absolute Gasteiger partial charge is 0.248 e. The van der Waals surface area contributed by atoms with Crippen LogP contribution in [0, 0.1) is 18.3 Å². The van der Waals surface area contributed by atoms with Gasteiger partial charge in [0.2, 0.25) is 10.0 Å².